The van der Waals surface area contributed by atoms with E-state index in [1.165, 1.54) is 19.3 Å². The van der Waals surface area contributed by atoms with Gasteiger partial charge in [-0.1, -0.05) is 31.9 Å². The molecule has 0 aliphatic heterocycles. The number of nitrogens with zero attached hydrogens (tertiary/aromatic N) is 2. The number of nitrogens with one attached hydrogen (secondary N) is 1. The first-order valence-corrected chi connectivity index (χ1v) is 8.80. The maximum atomic E-state index is 12.4. The zero-order chi connectivity index (χ0) is 17.1. The number of carbonyl (C=O) groups is 1. The molecule has 3 rings (SSSR count). The van der Waals surface area contributed by atoms with Crippen molar-refractivity contribution >= 4 is 16.8 Å². The van der Waals surface area contributed by atoms with Crippen LogP contribution in [-0.2, 0) is 18.3 Å². The normalized spacial score (nSPS) is 20.9. The standard InChI is InChI=1S/C19H25N3O2/c1-13-7-3-5-9-15(13)21-18(23)12-11-17-20-16-10-6-4-8-14(16)19(24)22(17)2/h4,6,8,10,13,15H,3,5,7,9,11-12H2,1-2H3,(H,21,23)/t13-,15-/m1/s1. The third-order valence-corrected chi connectivity index (χ3v) is 5.11. The zero-order valence-electron chi connectivity index (χ0n) is 14.4. The molecule has 1 aromatic heterocycles. The molecular weight excluding hydrogens is 302 g/mol. The third-order valence-electron chi connectivity index (χ3n) is 5.11. The van der Waals surface area contributed by atoms with E-state index in [1.807, 2.05) is 18.2 Å². The van der Waals surface area contributed by atoms with Crippen LogP contribution < -0.4 is 10.9 Å². The Kier molecular flexibility index (Phi) is 4.97. The molecule has 1 N–H and O–H groups in total. The van der Waals surface area contributed by atoms with Gasteiger partial charge in [-0.25, -0.2) is 4.98 Å². The second kappa shape index (κ2) is 7.16. The summed E-state index contributed by atoms with van der Waals surface area (Å²) in [5.74, 6) is 1.26. The summed E-state index contributed by atoms with van der Waals surface area (Å²) in [6.45, 7) is 2.21. The molecule has 1 heterocycles. The maximum Gasteiger partial charge on any atom is 0.261 e. The van der Waals surface area contributed by atoms with E-state index >= 15 is 0 Å². The van der Waals surface area contributed by atoms with Gasteiger partial charge < -0.3 is 5.32 Å². The number of rotatable bonds is 4. The highest BCUT2D eigenvalue weighted by Crippen LogP contribution is 2.23. The van der Waals surface area contributed by atoms with E-state index in [9.17, 15) is 9.59 Å². The van der Waals surface area contributed by atoms with Crippen molar-refractivity contribution in [2.24, 2.45) is 13.0 Å². The highest BCUT2D eigenvalue weighted by Gasteiger charge is 2.22. The predicted octanol–water partition coefficient (Wildman–Crippen LogP) is 2.56. The van der Waals surface area contributed by atoms with Crippen molar-refractivity contribution in [1.82, 2.24) is 14.9 Å². The fraction of sp³-hybridized carbons (Fsp3) is 0.526. The number of aromatic nitrogens is 2. The van der Waals surface area contributed by atoms with E-state index in [-0.39, 0.29) is 11.5 Å². The lowest BCUT2D eigenvalue weighted by Crippen LogP contribution is -2.41. The van der Waals surface area contributed by atoms with Gasteiger partial charge in [-0.2, -0.15) is 0 Å². The first kappa shape index (κ1) is 16.7. The predicted molar refractivity (Wildman–Crippen MR) is 94.9 cm³/mol. The summed E-state index contributed by atoms with van der Waals surface area (Å²) in [7, 11) is 1.72. The van der Waals surface area contributed by atoms with Gasteiger partial charge in [0.05, 0.1) is 10.9 Å². The van der Waals surface area contributed by atoms with Crippen molar-refractivity contribution in [2.45, 2.75) is 51.5 Å². The molecule has 1 aromatic carbocycles. The molecule has 5 nitrogen and oxygen atoms in total. The topological polar surface area (TPSA) is 64.0 Å². The van der Waals surface area contributed by atoms with Crippen LogP contribution in [0.3, 0.4) is 0 Å². The van der Waals surface area contributed by atoms with E-state index < -0.39 is 0 Å². The summed E-state index contributed by atoms with van der Waals surface area (Å²) in [5.41, 5.74) is 0.633. The second-order valence-corrected chi connectivity index (χ2v) is 6.85. The van der Waals surface area contributed by atoms with Crippen molar-refractivity contribution in [2.75, 3.05) is 0 Å². The highest BCUT2D eigenvalue weighted by atomic mass is 16.1. The van der Waals surface area contributed by atoms with Gasteiger partial charge >= 0.3 is 0 Å². The number of hydrogen-bond donors (Lipinski definition) is 1. The van der Waals surface area contributed by atoms with Crippen LogP contribution >= 0.6 is 0 Å². The molecule has 24 heavy (non-hydrogen) atoms. The molecule has 0 radical (unpaired) electrons. The second-order valence-electron chi connectivity index (χ2n) is 6.85. The Morgan fingerprint density at radius 1 is 1.29 bits per heavy atom. The average Bonchev–Trinajstić information content (AvgIpc) is 2.59. The summed E-state index contributed by atoms with van der Waals surface area (Å²) >= 11 is 0. The van der Waals surface area contributed by atoms with Crippen LogP contribution in [0.4, 0.5) is 0 Å². The number of benzene rings is 1. The van der Waals surface area contributed by atoms with Gasteiger partial charge in [0.25, 0.3) is 5.56 Å². The minimum atomic E-state index is -0.0584. The summed E-state index contributed by atoms with van der Waals surface area (Å²) in [4.78, 5) is 29.2. The van der Waals surface area contributed by atoms with Crippen LogP contribution in [0.25, 0.3) is 10.9 Å². The van der Waals surface area contributed by atoms with Gasteiger partial charge in [-0.3, -0.25) is 14.2 Å². The van der Waals surface area contributed by atoms with E-state index in [0.717, 1.165) is 6.42 Å². The van der Waals surface area contributed by atoms with Crippen LogP contribution in [-0.4, -0.2) is 21.5 Å². The minimum absolute atomic E-state index is 0.0520. The molecule has 0 saturated heterocycles. The van der Waals surface area contributed by atoms with Gasteiger partial charge in [0.15, 0.2) is 0 Å². The lowest BCUT2D eigenvalue weighted by atomic mass is 9.86. The first-order valence-electron chi connectivity index (χ1n) is 8.80. The molecule has 0 spiro atoms. The quantitative estimate of drug-likeness (QED) is 0.938. The largest absolute Gasteiger partial charge is 0.353 e. The Morgan fingerprint density at radius 2 is 2.04 bits per heavy atom. The van der Waals surface area contributed by atoms with E-state index in [1.54, 1.807) is 17.7 Å². The van der Waals surface area contributed by atoms with E-state index in [4.69, 9.17) is 0 Å². The Morgan fingerprint density at radius 3 is 2.83 bits per heavy atom. The maximum absolute atomic E-state index is 12.4. The van der Waals surface area contributed by atoms with Crippen LogP contribution in [0.2, 0.25) is 0 Å². The van der Waals surface area contributed by atoms with Crippen LogP contribution in [0.5, 0.6) is 0 Å². The SMILES string of the molecule is C[C@@H]1CCCC[C@H]1NC(=O)CCc1nc2ccccc2c(=O)n1C. The number of carbonyl (C=O) groups excluding carboxylic acids is 1. The molecule has 1 aliphatic carbocycles. The molecule has 1 aliphatic rings. The Bertz CT molecular complexity index is 797. The molecule has 0 bridgehead atoms. The minimum Gasteiger partial charge on any atom is -0.353 e. The Hall–Kier alpha value is -2.17. The van der Waals surface area contributed by atoms with Crippen molar-refractivity contribution < 1.29 is 4.79 Å². The summed E-state index contributed by atoms with van der Waals surface area (Å²) < 4.78 is 1.55. The number of para-hydroxylation sites is 1. The molecule has 0 unspecified atom stereocenters. The molecular formula is C19H25N3O2. The lowest BCUT2D eigenvalue weighted by Gasteiger charge is -2.29. The summed E-state index contributed by atoms with van der Waals surface area (Å²) in [6, 6.07) is 7.62. The van der Waals surface area contributed by atoms with Crippen LogP contribution in [0, 0.1) is 5.92 Å². The molecule has 128 valence electrons. The fourth-order valence-electron chi connectivity index (χ4n) is 3.52. The number of amides is 1. The van der Waals surface area contributed by atoms with Gasteiger partial charge in [0.1, 0.15) is 5.82 Å². The van der Waals surface area contributed by atoms with Crippen LogP contribution in [0.1, 0.15) is 44.9 Å². The number of aryl methyl sites for hydroxylation is 1. The molecule has 1 saturated carbocycles. The lowest BCUT2D eigenvalue weighted by molar-refractivity contribution is -0.122. The Balaban J connectivity index is 1.68. The van der Waals surface area contributed by atoms with Gasteiger partial charge in [0, 0.05) is 25.9 Å². The van der Waals surface area contributed by atoms with Crippen molar-refractivity contribution in [3.05, 3.63) is 40.4 Å². The molecule has 1 amide bonds. The number of fused-ring (bicyclic) bond motifs is 1. The first-order chi connectivity index (χ1) is 11.6. The molecule has 5 heteroatoms. The van der Waals surface area contributed by atoms with Gasteiger partial charge in [-0.15, -0.1) is 0 Å². The van der Waals surface area contributed by atoms with Gasteiger partial charge in [-0.05, 0) is 30.9 Å². The fourth-order valence-corrected chi connectivity index (χ4v) is 3.52. The highest BCUT2D eigenvalue weighted by molar-refractivity contribution is 5.78. The van der Waals surface area contributed by atoms with Crippen molar-refractivity contribution in [1.29, 1.82) is 0 Å². The van der Waals surface area contributed by atoms with Gasteiger partial charge in [0.2, 0.25) is 5.91 Å². The monoisotopic (exact) mass is 327 g/mol. The molecule has 2 atom stereocenters. The van der Waals surface area contributed by atoms with E-state index in [2.05, 4.69) is 17.2 Å². The average molecular weight is 327 g/mol. The van der Waals surface area contributed by atoms with Crippen molar-refractivity contribution in [3.63, 3.8) is 0 Å². The summed E-state index contributed by atoms with van der Waals surface area (Å²) in [6.07, 6.45) is 5.54. The summed E-state index contributed by atoms with van der Waals surface area (Å²) in [5, 5.41) is 3.77. The van der Waals surface area contributed by atoms with Crippen molar-refractivity contribution in [3.8, 4) is 0 Å². The Labute approximate surface area is 142 Å². The smallest absolute Gasteiger partial charge is 0.261 e. The molecule has 1 fully saturated rings. The zero-order valence-corrected chi connectivity index (χ0v) is 14.4. The van der Waals surface area contributed by atoms with E-state index in [0.29, 0.717) is 41.5 Å². The molecule has 2 aromatic rings. The van der Waals surface area contributed by atoms with Crippen LogP contribution in [0.15, 0.2) is 29.1 Å². The third kappa shape index (κ3) is 3.50. The number of hydrogen-bond acceptors (Lipinski definition) is 3.